The molecule has 0 radical (unpaired) electrons. The molecule has 0 spiro atoms. The van der Waals surface area contributed by atoms with Gasteiger partial charge in [-0.05, 0) is 18.3 Å². The number of likely N-dealkylation sites (tertiary alicyclic amines) is 1. The minimum atomic E-state index is -3.17. The Hall–Kier alpha value is -0.860. The number of carbonyl (C=O) groups is 1. The van der Waals surface area contributed by atoms with E-state index in [0.29, 0.717) is 25.9 Å². The number of sulfone groups is 1. The summed E-state index contributed by atoms with van der Waals surface area (Å²) in [6.07, 6.45) is 0.272. The molecule has 8 heteroatoms. The molecule has 2 heterocycles. The molecule has 0 aromatic rings. The molecule has 2 aliphatic heterocycles. The molecule has 2 N–H and O–H groups in total. The molecule has 0 bridgehead atoms. The molecular weight excluding hydrogens is 308 g/mol. The summed E-state index contributed by atoms with van der Waals surface area (Å²) in [5, 5.41) is 12.7. The van der Waals surface area contributed by atoms with E-state index in [2.05, 4.69) is 5.32 Å². The van der Waals surface area contributed by atoms with Gasteiger partial charge in [0, 0.05) is 20.2 Å². The Balaban J connectivity index is 2.02. The Morgan fingerprint density at radius 2 is 2.05 bits per heavy atom. The van der Waals surface area contributed by atoms with Crippen molar-refractivity contribution in [3.63, 3.8) is 0 Å². The lowest BCUT2D eigenvalue weighted by Gasteiger charge is -2.31. The first-order valence-electron chi connectivity index (χ1n) is 7.59. The maximum absolute atomic E-state index is 12.5. The summed E-state index contributed by atoms with van der Waals surface area (Å²) in [7, 11) is -1.72. The molecule has 2 fully saturated rings. The first-order valence-corrected chi connectivity index (χ1v) is 9.41. The van der Waals surface area contributed by atoms with Crippen LogP contribution in [0.5, 0.6) is 0 Å². The summed E-state index contributed by atoms with van der Waals surface area (Å²) >= 11 is 0. The zero-order valence-electron chi connectivity index (χ0n) is 13.4. The van der Waals surface area contributed by atoms with E-state index in [-0.39, 0.29) is 23.0 Å². The number of nitrogens with zero attached hydrogens (tertiary/aromatic N) is 1. The Bertz CT molecular complexity index is 519. The number of aliphatic hydroxyl groups excluding tert-OH is 1. The molecule has 128 valence electrons. The lowest BCUT2D eigenvalue weighted by molar-refractivity contribution is 0.0963. The van der Waals surface area contributed by atoms with Crippen LogP contribution in [0.1, 0.15) is 26.7 Å². The fraction of sp³-hybridized carbons (Fsp3) is 0.929. The Labute approximate surface area is 131 Å². The lowest BCUT2D eigenvalue weighted by atomic mass is 9.87. The third kappa shape index (κ3) is 4.33. The topological polar surface area (TPSA) is 95.9 Å². The van der Waals surface area contributed by atoms with Crippen LogP contribution in [-0.2, 0) is 14.6 Å². The molecule has 3 atom stereocenters. The van der Waals surface area contributed by atoms with E-state index < -0.39 is 28.1 Å². The number of methoxy groups -OCH3 is 1. The molecule has 2 rings (SSSR count). The molecule has 3 unspecified atom stereocenters. The van der Waals surface area contributed by atoms with Crippen LogP contribution in [0.2, 0.25) is 0 Å². The standard InChI is InChI=1S/C14H26N2O5S/c1-14(2)6-10(17)4-5-16(9-14)13(18)15-11-7-22(19,20)8-12(11)21-3/h10-12,17H,4-9H2,1-3H3,(H,15,18). The van der Waals surface area contributed by atoms with Gasteiger partial charge in [0.25, 0.3) is 0 Å². The lowest BCUT2D eigenvalue weighted by Crippen LogP contribution is -2.51. The van der Waals surface area contributed by atoms with Crippen molar-refractivity contribution < 1.29 is 23.1 Å². The van der Waals surface area contributed by atoms with Gasteiger partial charge in [-0.1, -0.05) is 13.8 Å². The molecule has 0 aromatic heterocycles. The van der Waals surface area contributed by atoms with Crippen LogP contribution in [-0.4, -0.2) is 74.4 Å². The first-order chi connectivity index (χ1) is 10.1. The van der Waals surface area contributed by atoms with Gasteiger partial charge < -0.3 is 20.1 Å². The van der Waals surface area contributed by atoms with E-state index in [9.17, 15) is 18.3 Å². The van der Waals surface area contributed by atoms with Gasteiger partial charge in [0.1, 0.15) is 0 Å². The van der Waals surface area contributed by atoms with Gasteiger partial charge >= 0.3 is 6.03 Å². The number of ether oxygens (including phenoxy) is 1. The van der Waals surface area contributed by atoms with Gasteiger partial charge in [-0.15, -0.1) is 0 Å². The van der Waals surface area contributed by atoms with Crippen molar-refractivity contribution in [2.45, 2.75) is 44.9 Å². The maximum atomic E-state index is 12.5. The SMILES string of the molecule is COC1CS(=O)(=O)CC1NC(=O)N1CCC(O)CC(C)(C)C1. The summed E-state index contributed by atoms with van der Waals surface area (Å²) in [5.74, 6) is -0.143. The van der Waals surface area contributed by atoms with Gasteiger partial charge in [0.2, 0.25) is 0 Å². The molecule has 2 amide bonds. The fourth-order valence-electron chi connectivity index (χ4n) is 3.31. The number of urea groups is 1. The second-order valence-corrected chi connectivity index (χ2v) is 9.29. The Morgan fingerprint density at radius 3 is 2.68 bits per heavy atom. The van der Waals surface area contributed by atoms with E-state index in [1.807, 2.05) is 13.8 Å². The van der Waals surface area contributed by atoms with Gasteiger partial charge in [0.15, 0.2) is 9.84 Å². The number of hydrogen-bond donors (Lipinski definition) is 2. The van der Waals surface area contributed by atoms with Gasteiger partial charge in [0.05, 0.1) is 29.8 Å². The van der Waals surface area contributed by atoms with Gasteiger partial charge in [-0.2, -0.15) is 0 Å². The van der Waals surface area contributed by atoms with Crippen molar-refractivity contribution in [1.29, 1.82) is 0 Å². The maximum Gasteiger partial charge on any atom is 0.317 e. The first kappa shape index (κ1) is 17.5. The summed E-state index contributed by atoms with van der Waals surface area (Å²) in [4.78, 5) is 14.1. The van der Waals surface area contributed by atoms with E-state index in [1.54, 1.807) is 4.90 Å². The monoisotopic (exact) mass is 334 g/mol. The molecular formula is C14H26N2O5S. The van der Waals surface area contributed by atoms with Gasteiger partial charge in [-0.25, -0.2) is 13.2 Å². The Kier molecular flexibility index (Phi) is 5.03. The van der Waals surface area contributed by atoms with Crippen LogP contribution in [0.4, 0.5) is 4.79 Å². The van der Waals surface area contributed by atoms with Crippen LogP contribution in [0.15, 0.2) is 0 Å². The number of hydrogen-bond acceptors (Lipinski definition) is 5. The van der Waals surface area contributed by atoms with Crippen LogP contribution in [0.25, 0.3) is 0 Å². The van der Waals surface area contributed by atoms with Crippen molar-refractivity contribution in [3.8, 4) is 0 Å². The predicted molar refractivity (Wildman–Crippen MR) is 82.4 cm³/mol. The van der Waals surface area contributed by atoms with E-state index in [0.717, 1.165) is 0 Å². The van der Waals surface area contributed by atoms with Crippen molar-refractivity contribution in [3.05, 3.63) is 0 Å². The highest BCUT2D eigenvalue weighted by Crippen LogP contribution is 2.28. The average Bonchev–Trinajstić information content (AvgIpc) is 2.58. The zero-order chi connectivity index (χ0) is 16.5. The zero-order valence-corrected chi connectivity index (χ0v) is 14.2. The van der Waals surface area contributed by atoms with E-state index in [4.69, 9.17) is 4.74 Å². The van der Waals surface area contributed by atoms with E-state index in [1.165, 1.54) is 7.11 Å². The second kappa shape index (κ2) is 6.33. The van der Waals surface area contributed by atoms with Crippen LogP contribution >= 0.6 is 0 Å². The number of amides is 2. The normalized spacial score (nSPS) is 34.2. The summed E-state index contributed by atoms with van der Waals surface area (Å²) in [5.41, 5.74) is -0.171. The molecule has 22 heavy (non-hydrogen) atoms. The Morgan fingerprint density at radius 1 is 1.36 bits per heavy atom. The number of nitrogens with one attached hydrogen (secondary N) is 1. The highest BCUT2D eigenvalue weighted by molar-refractivity contribution is 7.91. The third-order valence-electron chi connectivity index (χ3n) is 4.34. The molecule has 0 aliphatic carbocycles. The summed E-state index contributed by atoms with van der Waals surface area (Å²) < 4.78 is 28.6. The van der Waals surface area contributed by atoms with E-state index >= 15 is 0 Å². The number of aliphatic hydroxyl groups is 1. The largest absolute Gasteiger partial charge is 0.393 e. The van der Waals surface area contributed by atoms with Crippen LogP contribution in [0.3, 0.4) is 0 Å². The van der Waals surface area contributed by atoms with Crippen molar-refractivity contribution in [1.82, 2.24) is 10.2 Å². The summed E-state index contributed by atoms with van der Waals surface area (Å²) in [6.45, 7) is 5.03. The number of rotatable bonds is 2. The van der Waals surface area contributed by atoms with Crippen LogP contribution < -0.4 is 5.32 Å². The molecule has 0 aromatic carbocycles. The van der Waals surface area contributed by atoms with Gasteiger partial charge in [-0.3, -0.25) is 0 Å². The fourth-order valence-corrected chi connectivity index (χ4v) is 5.16. The minimum absolute atomic E-state index is 0.0569. The highest BCUT2D eigenvalue weighted by Gasteiger charge is 2.40. The highest BCUT2D eigenvalue weighted by atomic mass is 32.2. The molecule has 7 nitrogen and oxygen atoms in total. The minimum Gasteiger partial charge on any atom is -0.393 e. The van der Waals surface area contributed by atoms with Crippen molar-refractivity contribution in [2.24, 2.45) is 5.41 Å². The third-order valence-corrected chi connectivity index (χ3v) is 6.04. The average molecular weight is 334 g/mol. The van der Waals surface area contributed by atoms with Crippen LogP contribution in [0, 0.1) is 5.41 Å². The quantitative estimate of drug-likeness (QED) is 0.740. The molecule has 2 aliphatic rings. The second-order valence-electron chi connectivity index (χ2n) is 7.14. The predicted octanol–water partition coefficient (Wildman–Crippen LogP) is -0.00910. The van der Waals surface area contributed by atoms with Crippen molar-refractivity contribution in [2.75, 3.05) is 31.7 Å². The van der Waals surface area contributed by atoms with Crippen molar-refractivity contribution >= 4 is 15.9 Å². The number of carbonyl (C=O) groups excluding carboxylic acids is 1. The molecule has 2 saturated heterocycles. The smallest absolute Gasteiger partial charge is 0.317 e. The summed E-state index contributed by atoms with van der Waals surface area (Å²) in [6, 6.07) is -0.801. The molecule has 0 saturated carbocycles.